The van der Waals surface area contributed by atoms with Crippen LogP contribution < -0.4 is 5.32 Å². The van der Waals surface area contributed by atoms with Gasteiger partial charge in [0, 0.05) is 59.4 Å². The van der Waals surface area contributed by atoms with Crippen LogP contribution in [0, 0.1) is 0 Å². The van der Waals surface area contributed by atoms with E-state index in [2.05, 4.69) is 10.3 Å². The van der Waals surface area contributed by atoms with Gasteiger partial charge in [-0.2, -0.15) is 0 Å². The minimum absolute atomic E-state index is 0.164. The first kappa shape index (κ1) is 21.7. The van der Waals surface area contributed by atoms with Crippen molar-refractivity contribution in [1.29, 1.82) is 0 Å². The fourth-order valence-corrected chi connectivity index (χ4v) is 6.20. The molecule has 1 aromatic carbocycles. The smallest absolute Gasteiger partial charge is 0.246 e. The van der Waals surface area contributed by atoms with Gasteiger partial charge in [-0.25, -0.2) is 0 Å². The summed E-state index contributed by atoms with van der Waals surface area (Å²) in [6, 6.07) is 6.13. The molecule has 2 aromatic rings. The van der Waals surface area contributed by atoms with Gasteiger partial charge in [0.15, 0.2) is 0 Å². The third kappa shape index (κ3) is 3.70. The molecule has 8 heteroatoms. The maximum atomic E-state index is 13.8. The highest BCUT2D eigenvalue weighted by atomic mass is 35.5. The number of benzene rings is 1. The van der Waals surface area contributed by atoms with Crippen LogP contribution in [0.1, 0.15) is 55.7 Å². The summed E-state index contributed by atoms with van der Waals surface area (Å²) in [5, 5.41) is 4.68. The van der Waals surface area contributed by atoms with E-state index in [-0.39, 0.29) is 35.2 Å². The van der Waals surface area contributed by atoms with Crippen LogP contribution in [0.5, 0.6) is 0 Å². The summed E-state index contributed by atoms with van der Waals surface area (Å²) in [7, 11) is 0. The Kier molecular flexibility index (Phi) is 5.21. The number of aryl methyl sites for hydroxylation is 1. The largest absolute Gasteiger partial charge is 0.357 e. The van der Waals surface area contributed by atoms with Crippen LogP contribution >= 0.6 is 11.6 Å². The van der Waals surface area contributed by atoms with Crippen molar-refractivity contribution in [3.63, 3.8) is 0 Å². The summed E-state index contributed by atoms with van der Waals surface area (Å²) in [5.74, 6) is -0.386. The van der Waals surface area contributed by atoms with Crippen LogP contribution in [0.15, 0.2) is 30.4 Å². The Bertz CT molecular complexity index is 1210. The average molecular weight is 481 g/mol. The molecule has 2 aliphatic heterocycles. The second-order valence-electron chi connectivity index (χ2n) is 10.3. The number of hydrogen-bond acceptors (Lipinski definition) is 3. The predicted octanol–water partition coefficient (Wildman–Crippen LogP) is 3.28. The van der Waals surface area contributed by atoms with Gasteiger partial charge in [0.2, 0.25) is 17.7 Å². The van der Waals surface area contributed by atoms with Crippen LogP contribution in [0.3, 0.4) is 0 Å². The summed E-state index contributed by atoms with van der Waals surface area (Å²) in [5.41, 5.74) is 3.01. The zero-order valence-corrected chi connectivity index (χ0v) is 19.9. The molecule has 178 valence electrons. The molecular formula is C26H29ClN4O3. The van der Waals surface area contributed by atoms with Crippen LogP contribution in [-0.2, 0) is 20.8 Å². The lowest BCUT2D eigenvalue weighted by atomic mass is 9.82. The van der Waals surface area contributed by atoms with E-state index < -0.39 is 0 Å². The number of H-pyrrole nitrogens is 1. The summed E-state index contributed by atoms with van der Waals surface area (Å²) < 4.78 is 0. The molecule has 1 saturated carbocycles. The van der Waals surface area contributed by atoms with E-state index >= 15 is 0 Å². The Morgan fingerprint density at radius 3 is 2.74 bits per heavy atom. The highest BCUT2D eigenvalue weighted by Gasteiger charge is 2.54. The third-order valence-electron chi connectivity index (χ3n) is 7.91. The normalized spacial score (nSPS) is 23.4. The molecule has 2 aliphatic carbocycles. The second kappa shape index (κ2) is 8.15. The van der Waals surface area contributed by atoms with E-state index in [0.717, 1.165) is 68.1 Å². The van der Waals surface area contributed by atoms with Crippen LogP contribution in [0.4, 0.5) is 0 Å². The van der Waals surface area contributed by atoms with E-state index in [1.165, 1.54) is 17.7 Å². The van der Waals surface area contributed by atoms with E-state index in [1.807, 2.05) is 23.1 Å². The number of halogens is 1. The van der Waals surface area contributed by atoms with Crippen molar-refractivity contribution in [3.8, 4) is 0 Å². The molecule has 4 aliphatic rings. The number of carbonyl (C=O) groups is 3. The Morgan fingerprint density at radius 1 is 1.12 bits per heavy atom. The number of likely N-dealkylation sites (tertiary alicyclic amines) is 2. The molecule has 6 rings (SSSR count). The summed E-state index contributed by atoms with van der Waals surface area (Å²) >= 11 is 6.24. The maximum Gasteiger partial charge on any atom is 0.246 e. The Hall–Kier alpha value is -2.80. The molecule has 0 bridgehead atoms. The van der Waals surface area contributed by atoms with Gasteiger partial charge in [-0.05, 0) is 68.7 Å². The van der Waals surface area contributed by atoms with Crippen molar-refractivity contribution < 1.29 is 14.4 Å². The molecule has 1 unspecified atom stereocenters. The van der Waals surface area contributed by atoms with Crippen molar-refractivity contribution in [3.05, 3.63) is 46.6 Å². The van der Waals surface area contributed by atoms with E-state index in [1.54, 1.807) is 4.90 Å². The molecule has 1 aromatic heterocycles. The number of amides is 3. The van der Waals surface area contributed by atoms with Crippen molar-refractivity contribution in [2.45, 2.75) is 62.4 Å². The van der Waals surface area contributed by atoms with Crippen molar-refractivity contribution in [1.82, 2.24) is 20.1 Å². The van der Waals surface area contributed by atoms with Gasteiger partial charge < -0.3 is 20.1 Å². The lowest BCUT2D eigenvalue weighted by Gasteiger charge is -2.53. The van der Waals surface area contributed by atoms with Crippen LogP contribution in [0.25, 0.3) is 10.9 Å². The fraction of sp³-hybridized carbons (Fsp3) is 0.500. The monoisotopic (exact) mass is 480 g/mol. The number of nitrogens with one attached hydrogen (secondary N) is 2. The quantitative estimate of drug-likeness (QED) is 0.658. The lowest BCUT2D eigenvalue weighted by molar-refractivity contribution is -0.152. The zero-order chi connectivity index (χ0) is 23.4. The minimum Gasteiger partial charge on any atom is -0.357 e. The van der Waals surface area contributed by atoms with Crippen molar-refractivity contribution in [2.75, 3.05) is 19.6 Å². The summed E-state index contributed by atoms with van der Waals surface area (Å²) in [6.45, 7) is 1.81. The molecule has 0 radical (unpaired) electrons. The molecule has 3 fully saturated rings. The van der Waals surface area contributed by atoms with Crippen LogP contribution in [0.2, 0.25) is 5.02 Å². The van der Waals surface area contributed by atoms with E-state index in [0.29, 0.717) is 18.1 Å². The molecule has 3 amide bonds. The highest BCUT2D eigenvalue weighted by molar-refractivity contribution is 6.31. The van der Waals surface area contributed by atoms with E-state index in [4.69, 9.17) is 11.6 Å². The number of aromatic nitrogens is 1. The van der Waals surface area contributed by atoms with Gasteiger partial charge in [0.25, 0.3) is 0 Å². The topological polar surface area (TPSA) is 85.5 Å². The first-order valence-electron chi connectivity index (χ1n) is 12.3. The van der Waals surface area contributed by atoms with Crippen molar-refractivity contribution in [2.24, 2.45) is 0 Å². The van der Waals surface area contributed by atoms with Gasteiger partial charge in [-0.1, -0.05) is 11.6 Å². The number of rotatable bonds is 4. The third-order valence-corrected chi connectivity index (χ3v) is 8.15. The molecule has 34 heavy (non-hydrogen) atoms. The van der Waals surface area contributed by atoms with Gasteiger partial charge >= 0.3 is 0 Å². The second-order valence-corrected chi connectivity index (χ2v) is 10.7. The lowest BCUT2D eigenvalue weighted by Crippen LogP contribution is -2.70. The Labute approximate surface area is 203 Å². The molecule has 3 heterocycles. The molecule has 1 atom stereocenters. The molecule has 7 nitrogen and oxygen atoms in total. The highest BCUT2D eigenvalue weighted by Crippen LogP contribution is 2.43. The number of hydrogen-bond donors (Lipinski definition) is 2. The maximum absolute atomic E-state index is 13.8. The van der Waals surface area contributed by atoms with E-state index in [9.17, 15) is 14.4 Å². The molecule has 2 N–H and O–H groups in total. The van der Waals surface area contributed by atoms with Gasteiger partial charge in [-0.3, -0.25) is 14.4 Å². The summed E-state index contributed by atoms with van der Waals surface area (Å²) in [4.78, 5) is 45.5. The summed E-state index contributed by atoms with van der Waals surface area (Å²) in [6.07, 6.45) is 9.34. The number of aromatic amines is 1. The van der Waals surface area contributed by atoms with Gasteiger partial charge in [-0.15, -0.1) is 0 Å². The van der Waals surface area contributed by atoms with Gasteiger partial charge in [0.05, 0.1) is 11.5 Å². The Morgan fingerprint density at radius 2 is 1.94 bits per heavy atom. The van der Waals surface area contributed by atoms with Gasteiger partial charge in [0.1, 0.15) is 0 Å². The molecule has 2 saturated heterocycles. The Balaban J connectivity index is 1.16. The number of nitrogens with zero attached hydrogens (tertiary/aromatic N) is 2. The molecule has 1 spiro atoms. The SMILES string of the molecule is O=C(C=CC(=O)N1CC2(CCCN2C(=O)C2CCCc3c2[nH]c2ccc(Cl)cc32)C1)NC1CC1. The number of carbonyl (C=O) groups excluding carboxylic acids is 3. The van der Waals surface area contributed by atoms with Crippen molar-refractivity contribution >= 4 is 40.2 Å². The predicted molar refractivity (Wildman–Crippen MR) is 130 cm³/mol. The first-order chi connectivity index (χ1) is 16.4. The fourth-order valence-electron chi connectivity index (χ4n) is 6.03. The average Bonchev–Trinajstić information content (AvgIpc) is 3.37. The zero-order valence-electron chi connectivity index (χ0n) is 19.1. The van der Waals surface area contributed by atoms with Crippen LogP contribution in [-0.4, -0.2) is 63.7 Å². The standard InChI is InChI=1S/C26H29ClN4O3/c27-16-5-8-21-20(13-16)18-3-1-4-19(24(18)29-21)25(34)31-12-2-11-26(31)14-30(15-26)23(33)10-9-22(32)28-17-6-7-17/h5,8-10,13,17,19,29H,1-4,6-7,11-12,14-15H2,(H,28,32). The first-order valence-corrected chi connectivity index (χ1v) is 12.7. The number of fused-ring (bicyclic) bond motifs is 3. The minimum atomic E-state index is -0.274. The molecular weight excluding hydrogens is 452 g/mol.